The Morgan fingerprint density at radius 2 is 2.00 bits per heavy atom. The van der Waals surface area contributed by atoms with Gasteiger partial charge in [0.25, 0.3) is 5.91 Å². The smallest absolute Gasteiger partial charge is 0.307 e. The number of sulfonamides is 1. The summed E-state index contributed by atoms with van der Waals surface area (Å²) in [7, 11) is -2.16. The number of esters is 1. The quantitative estimate of drug-likeness (QED) is 0.595. The molecule has 2 aromatic rings. The first kappa shape index (κ1) is 21.9. The number of hydrogen-bond acceptors (Lipinski definition) is 7. The molecule has 0 aliphatic carbocycles. The molecule has 1 amide bonds. The molecule has 2 rings (SSSR count). The van der Waals surface area contributed by atoms with Crippen molar-refractivity contribution in [2.75, 3.05) is 19.0 Å². The molecular formula is C18H22N2O6S2. The van der Waals surface area contributed by atoms with Gasteiger partial charge in [-0.15, -0.1) is 11.3 Å². The summed E-state index contributed by atoms with van der Waals surface area (Å²) in [5.74, 6) is -0.718. The van der Waals surface area contributed by atoms with Crippen LogP contribution in [0.25, 0.3) is 0 Å². The molecule has 1 heterocycles. The summed E-state index contributed by atoms with van der Waals surface area (Å²) in [6.45, 7) is 3.18. The first-order valence-electron chi connectivity index (χ1n) is 8.41. The third kappa shape index (κ3) is 6.04. The van der Waals surface area contributed by atoms with Gasteiger partial charge >= 0.3 is 5.97 Å². The van der Waals surface area contributed by atoms with Gasteiger partial charge in [0.05, 0.1) is 19.2 Å². The number of ether oxygens (including phenoxy) is 2. The van der Waals surface area contributed by atoms with Crippen molar-refractivity contribution in [3.05, 3.63) is 41.3 Å². The predicted molar refractivity (Wildman–Crippen MR) is 106 cm³/mol. The van der Waals surface area contributed by atoms with Crippen LogP contribution in [0.1, 0.15) is 18.9 Å². The number of methoxy groups -OCH3 is 1. The fourth-order valence-corrected chi connectivity index (χ4v) is 4.31. The fraction of sp³-hybridized carbons (Fsp3) is 0.333. The Balaban J connectivity index is 1.83. The van der Waals surface area contributed by atoms with E-state index in [-0.39, 0.29) is 17.2 Å². The van der Waals surface area contributed by atoms with Crippen LogP contribution in [0.5, 0.6) is 5.75 Å². The predicted octanol–water partition coefficient (Wildman–Crippen LogP) is 2.30. The highest BCUT2D eigenvalue weighted by atomic mass is 32.2. The number of benzene rings is 1. The van der Waals surface area contributed by atoms with Gasteiger partial charge in [-0.05, 0) is 43.0 Å². The van der Waals surface area contributed by atoms with Crippen molar-refractivity contribution in [2.24, 2.45) is 0 Å². The van der Waals surface area contributed by atoms with E-state index in [1.54, 1.807) is 23.6 Å². The van der Waals surface area contributed by atoms with Crippen LogP contribution in [0.4, 0.5) is 5.69 Å². The summed E-state index contributed by atoms with van der Waals surface area (Å²) in [6.07, 6.45) is -1.25. The van der Waals surface area contributed by atoms with Gasteiger partial charge in [-0.3, -0.25) is 9.59 Å². The Morgan fingerprint density at radius 3 is 2.64 bits per heavy atom. The molecule has 152 valence electrons. The van der Waals surface area contributed by atoms with E-state index >= 15 is 0 Å². The zero-order valence-electron chi connectivity index (χ0n) is 15.7. The minimum absolute atomic E-state index is 0.126. The number of anilines is 1. The van der Waals surface area contributed by atoms with Gasteiger partial charge in [0.1, 0.15) is 9.96 Å². The number of carbonyl (C=O) groups is 2. The third-order valence-corrected chi connectivity index (χ3v) is 6.53. The molecule has 0 fully saturated rings. The average Bonchev–Trinajstić information content (AvgIpc) is 3.17. The van der Waals surface area contributed by atoms with Crippen molar-refractivity contribution in [2.45, 2.75) is 30.6 Å². The lowest BCUT2D eigenvalue weighted by molar-refractivity contribution is -0.152. The lowest BCUT2D eigenvalue weighted by Crippen LogP contribution is -2.32. The van der Waals surface area contributed by atoms with Crippen LogP contribution in [0.2, 0.25) is 0 Å². The summed E-state index contributed by atoms with van der Waals surface area (Å²) < 4.78 is 36.7. The molecule has 10 heteroatoms. The minimum Gasteiger partial charge on any atom is -0.495 e. The normalized spacial score (nSPS) is 12.2. The van der Waals surface area contributed by atoms with Gasteiger partial charge in [-0.2, -0.15) is 0 Å². The highest BCUT2D eigenvalue weighted by molar-refractivity contribution is 7.91. The van der Waals surface area contributed by atoms with Crippen LogP contribution in [0.3, 0.4) is 0 Å². The maximum atomic E-state index is 12.3. The van der Waals surface area contributed by atoms with Crippen LogP contribution >= 0.6 is 11.3 Å². The molecule has 1 aromatic carbocycles. The van der Waals surface area contributed by atoms with Crippen molar-refractivity contribution in [1.29, 1.82) is 0 Å². The molecule has 0 aliphatic heterocycles. The largest absolute Gasteiger partial charge is 0.495 e. The average molecular weight is 427 g/mol. The summed E-state index contributed by atoms with van der Waals surface area (Å²) >= 11 is 1.08. The van der Waals surface area contributed by atoms with Gasteiger partial charge in [-0.1, -0.05) is 12.1 Å². The number of amides is 1. The molecule has 2 N–H and O–H groups in total. The number of rotatable bonds is 9. The molecule has 28 heavy (non-hydrogen) atoms. The SMILES string of the molecule is COc1ccc(C)cc1NC(=O)C(C)OC(=O)CCNS(=O)(=O)c1cccs1. The molecule has 0 saturated heterocycles. The van der Waals surface area contributed by atoms with Gasteiger partial charge in [-0.25, -0.2) is 13.1 Å². The van der Waals surface area contributed by atoms with Gasteiger partial charge in [0, 0.05) is 6.54 Å². The van der Waals surface area contributed by atoms with Crippen molar-refractivity contribution in [3.63, 3.8) is 0 Å². The Bertz CT molecular complexity index is 926. The number of nitrogens with one attached hydrogen (secondary N) is 2. The number of aryl methyl sites for hydroxylation is 1. The zero-order valence-corrected chi connectivity index (χ0v) is 17.4. The topological polar surface area (TPSA) is 111 Å². The number of thiophene rings is 1. The van der Waals surface area contributed by atoms with E-state index in [0.717, 1.165) is 16.9 Å². The highest BCUT2D eigenvalue weighted by Gasteiger charge is 2.20. The number of hydrogen-bond donors (Lipinski definition) is 2. The molecule has 8 nitrogen and oxygen atoms in total. The first-order chi connectivity index (χ1) is 13.2. The van der Waals surface area contributed by atoms with E-state index in [0.29, 0.717) is 11.4 Å². The van der Waals surface area contributed by atoms with E-state index in [9.17, 15) is 18.0 Å². The van der Waals surface area contributed by atoms with E-state index in [1.165, 1.54) is 20.1 Å². The van der Waals surface area contributed by atoms with E-state index in [4.69, 9.17) is 9.47 Å². The molecule has 1 unspecified atom stereocenters. The Labute approximate surface area is 167 Å². The second-order valence-corrected chi connectivity index (χ2v) is 8.85. The molecule has 0 spiro atoms. The van der Waals surface area contributed by atoms with Crippen LogP contribution in [0.15, 0.2) is 39.9 Å². The highest BCUT2D eigenvalue weighted by Crippen LogP contribution is 2.25. The Morgan fingerprint density at radius 1 is 1.25 bits per heavy atom. The second kappa shape index (κ2) is 9.67. The van der Waals surface area contributed by atoms with Gasteiger partial charge < -0.3 is 14.8 Å². The zero-order chi connectivity index (χ0) is 20.7. The molecule has 0 saturated carbocycles. The maximum absolute atomic E-state index is 12.3. The number of carbonyl (C=O) groups excluding carboxylic acids is 2. The molecule has 0 bridgehead atoms. The standard InChI is InChI=1S/C18H22N2O6S2/c1-12-6-7-15(25-3)14(11-12)20-18(22)13(2)26-16(21)8-9-19-28(23,24)17-5-4-10-27-17/h4-7,10-11,13,19H,8-9H2,1-3H3,(H,20,22). The van der Waals surface area contributed by atoms with Crippen molar-refractivity contribution < 1.29 is 27.5 Å². The minimum atomic E-state index is -3.64. The lowest BCUT2D eigenvalue weighted by atomic mass is 10.2. The third-order valence-electron chi connectivity index (χ3n) is 3.67. The van der Waals surface area contributed by atoms with Crippen LogP contribution in [-0.2, 0) is 24.3 Å². The maximum Gasteiger partial charge on any atom is 0.307 e. The van der Waals surface area contributed by atoms with E-state index in [1.807, 2.05) is 13.0 Å². The fourth-order valence-electron chi connectivity index (χ4n) is 2.24. The summed E-state index contributed by atoms with van der Waals surface area (Å²) in [6, 6.07) is 8.40. The Kier molecular flexibility index (Phi) is 7.55. The van der Waals surface area contributed by atoms with Crippen molar-refractivity contribution in [1.82, 2.24) is 4.72 Å². The molecular weight excluding hydrogens is 404 g/mol. The van der Waals surface area contributed by atoms with Crippen molar-refractivity contribution in [3.8, 4) is 5.75 Å². The summed E-state index contributed by atoms with van der Waals surface area (Å²) in [4.78, 5) is 24.2. The van der Waals surface area contributed by atoms with E-state index < -0.39 is 28.0 Å². The van der Waals surface area contributed by atoms with Gasteiger partial charge in [0.15, 0.2) is 6.10 Å². The van der Waals surface area contributed by atoms with E-state index in [2.05, 4.69) is 10.0 Å². The van der Waals surface area contributed by atoms with Crippen LogP contribution in [0, 0.1) is 6.92 Å². The summed E-state index contributed by atoms with van der Waals surface area (Å²) in [5.41, 5.74) is 1.40. The molecule has 1 atom stereocenters. The van der Waals surface area contributed by atoms with Crippen molar-refractivity contribution >= 4 is 38.9 Å². The lowest BCUT2D eigenvalue weighted by Gasteiger charge is -2.15. The van der Waals surface area contributed by atoms with Crippen LogP contribution in [-0.4, -0.2) is 40.1 Å². The molecule has 1 aromatic heterocycles. The monoisotopic (exact) mass is 426 g/mol. The summed E-state index contributed by atoms with van der Waals surface area (Å²) in [5, 5.41) is 4.30. The first-order valence-corrected chi connectivity index (χ1v) is 10.8. The Hall–Kier alpha value is -2.43. The molecule has 0 aliphatic rings. The van der Waals surface area contributed by atoms with Crippen LogP contribution < -0.4 is 14.8 Å². The van der Waals surface area contributed by atoms with Gasteiger partial charge in [0.2, 0.25) is 10.0 Å². The second-order valence-electron chi connectivity index (χ2n) is 5.90. The molecule has 0 radical (unpaired) electrons.